The van der Waals surface area contributed by atoms with Crippen molar-refractivity contribution in [2.45, 2.75) is 32.3 Å². The standard InChI is InChI=1S/C25H24F4N2O2/c26-21-12-11-20(13-22(21)27)14-30-24(32)23(17-33-25(28)29)31(15-18-7-3-1-4-8-18)16-19-9-5-2-6-10-19/h1-13,23,25H,14-17H2,(H,30,32). The van der Waals surface area contributed by atoms with Crippen LogP contribution in [0.1, 0.15) is 16.7 Å². The van der Waals surface area contributed by atoms with E-state index in [2.05, 4.69) is 10.1 Å². The van der Waals surface area contributed by atoms with Gasteiger partial charge in [-0.15, -0.1) is 0 Å². The number of alkyl halides is 2. The van der Waals surface area contributed by atoms with Gasteiger partial charge in [0.15, 0.2) is 11.6 Å². The van der Waals surface area contributed by atoms with Gasteiger partial charge in [-0.25, -0.2) is 8.78 Å². The van der Waals surface area contributed by atoms with Crippen molar-refractivity contribution in [1.29, 1.82) is 0 Å². The summed E-state index contributed by atoms with van der Waals surface area (Å²) in [5.41, 5.74) is 2.13. The van der Waals surface area contributed by atoms with Crippen LogP contribution in [0.2, 0.25) is 0 Å². The number of ether oxygens (including phenoxy) is 1. The SMILES string of the molecule is O=C(NCc1ccc(F)c(F)c1)C(COC(F)F)N(Cc1ccccc1)Cc1ccccc1. The Kier molecular flexibility index (Phi) is 8.97. The van der Waals surface area contributed by atoms with Gasteiger partial charge in [-0.1, -0.05) is 66.7 Å². The highest BCUT2D eigenvalue weighted by atomic mass is 19.3. The van der Waals surface area contributed by atoms with Gasteiger partial charge in [0.1, 0.15) is 6.04 Å². The molecule has 0 aliphatic heterocycles. The summed E-state index contributed by atoms with van der Waals surface area (Å²) in [6.45, 7) is -3.05. The van der Waals surface area contributed by atoms with Gasteiger partial charge in [0.2, 0.25) is 5.91 Å². The van der Waals surface area contributed by atoms with Crippen molar-refractivity contribution in [3.8, 4) is 0 Å². The smallest absolute Gasteiger partial charge is 0.345 e. The molecule has 0 bridgehead atoms. The molecular weight excluding hydrogens is 436 g/mol. The Labute approximate surface area is 189 Å². The molecule has 1 amide bonds. The van der Waals surface area contributed by atoms with Gasteiger partial charge in [-0.05, 0) is 28.8 Å². The van der Waals surface area contributed by atoms with Crippen molar-refractivity contribution >= 4 is 5.91 Å². The van der Waals surface area contributed by atoms with Crippen LogP contribution in [0.3, 0.4) is 0 Å². The molecule has 0 fully saturated rings. The van der Waals surface area contributed by atoms with Crippen LogP contribution in [0.5, 0.6) is 0 Å². The first-order valence-electron chi connectivity index (χ1n) is 10.4. The maximum absolute atomic E-state index is 13.5. The summed E-state index contributed by atoms with van der Waals surface area (Å²) in [5.74, 6) is -2.59. The summed E-state index contributed by atoms with van der Waals surface area (Å²) < 4.78 is 56.9. The lowest BCUT2D eigenvalue weighted by Crippen LogP contribution is -2.49. The molecule has 0 saturated carbocycles. The molecular formula is C25H24F4N2O2. The van der Waals surface area contributed by atoms with Gasteiger partial charge in [0, 0.05) is 19.6 Å². The zero-order chi connectivity index (χ0) is 23.6. The molecule has 1 atom stereocenters. The normalized spacial score (nSPS) is 12.2. The van der Waals surface area contributed by atoms with Crippen LogP contribution in [-0.2, 0) is 29.2 Å². The highest BCUT2D eigenvalue weighted by Gasteiger charge is 2.28. The van der Waals surface area contributed by atoms with Crippen molar-refractivity contribution in [1.82, 2.24) is 10.2 Å². The number of hydrogen-bond acceptors (Lipinski definition) is 3. The number of carbonyl (C=O) groups excluding carboxylic acids is 1. The highest BCUT2D eigenvalue weighted by Crippen LogP contribution is 2.16. The molecule has 3 aromatic carbocycles. The average Bonchev–Trinajstić information content (AvgIpc) is 2.81. The fraction of sp³-hybridized carbons (Fsp3) is 0.240. The lowest BCUT2D eigenvalue weighted by atomic mass is 10.1. The molecule has 0 saturated heterocycles. The summed E-state index contributed by atoms with van der Waals surface area (Å²) in [7, 11) is 0. The monoisotopic (exact) mass is 460 g/mol. The molecule has 1 N–H and O–H groups in total. The fourth-order valence-electron chi connectivity index (χ4n) is 3.38. The second kappa shape index (κ2) is 12.1. The first-order chi connectivity index (χ1) is 15.9. The highest BCUT2D eigenvalue weighted by molar-refractivity contribution is 5.81. The largest absolute Gasteiger partial charge is 0.351 e. The summed E-state index contributed by atoms with van der Waals surface area (Å²) in [6, 6.07) is 20.9. The maximum atomic E-state index is 13.5. The van der Waals surface area contributed by atoms with E-state index < -0.39 is 36.8 Å². The van der Waals surface area contributed by atoms with Crippen LogP contribution in [0.4, 0.5) is 17.6 Å². The molecule has 0 spiro atoms. The number of rotatable bonds is 11. The Balaban J connectivity index is 1.81. The van der Waals surface area contributed by atoms with Crippen LogP contribution < -0.4 is 5.32 Å². The topological polar surface area (TPSA) is 41.6 Å². The molecule has 1 unspecified atom stereocenters. The van der Waals surface area contributed by atoms with E-state index >= 15 is 0 Å². The van der Waals surface area contributed by atoms with Crippen LogP contribution in [-0.4, -0.2) is 30.1 Å². The zero-order valence-electron chi connectivity index (χ0n) is 17.8. The predicted octanol–water partition coefficient (Wildman–Crippen LogP) is 4.89. The molecule has 0 aliphatic carbocycles. The van der Waals surface area contributed by atoms with Gasteiger partial charge in [-0.3, -0.25) is 9.69 Å². The van der Waals surface area contributed by atoms with E-state index in [1.165, 1.54) is 6.07 Å². The third-order valence-electron chi connectivity index (χ3n) is 5.03. The Morgan fingerprint density at radius 1 is 0.818 bits per heavy atom. The minimum atomic E-state index is -3.04. The molecule has 0 aliphatic rings. The van der Waals surface area contributed by atoms with Crippen molar-refractivity contribution in [2.24, 2.45) is 0 Å². The Bertz CT molecular complexity index is 978. The lowest BCUT2D eigenvalue weighted by molar-refractivity contribution is -0.152. The van der Waals surface area contributed by atoms with Gasteiger partial charge >= 0.3 is 6.61 Å². The fourth-order valence-corrected chi connectivity index (χ4v) is 3.38. The molecule has 3 aromatic rings. The van der Waals surface area contributed by atoms with E-state index in [1.807, 2.05) is 60.7 Å². The van der Waals surface area contributed by atoms with E-state index in [4.69, 9.17) is 0 Å². The second-order valence-electron chi connectivity index (χ2n) is 7.45. The molecule has 4 nitrogen and oxygen atoms in total. The van der Waals surface area contributed by atoms with Crippen LogP contribution in [0.25, 0.3) is 0 Å². The second-order valence-corrected chi connectivity index (χ2v) is 7.45. The molecule has 8 heteroatoms. The van der Waals surface area contributed by atoms with Crippen LogP contribution >= 0.6 is 0 Å². The van der Waals surface area contributed by atoms with E-state index in [-0.39, 0.29) is 6.54 Å². The van der Waals surface area contributed by atoms with E-state index in [0.717, 1.165) is 23.3 Å². The number of amides is 1. The molecule has 0 heterocycles. The first-order valence-corrected chi connectivity index (χ1v) is 10.4. The first kappa shape index (κ1) is 24.4. The zero-order valence-corrected chi connectivity index (χ0v) is 17.8. The Morgan fingerprint density at radius 2 is 1.39 bits per heavy atom. The summed E-state index contributed by atoms with van der Waals surface area (Å²) >= 11 is 0. The molecule has 0 aromatic heterocycles. The number of halogens is 4. The predicted molar refractivity (Wildman–Crippen MR) is 116 cm³/mol. The summed E-state index contributed by atoms with van der Waals surface area (Å²) in [5, 5.41) is 2.63. The quantitative estimate of drug-likeness (QED) is 0.414. The van der Waals surface area contributed by atoms with Crippen molar-refractivity contribution in [2.75, 3.05) is 6.61 Å². The number of nitrogens with one attached hydrogen (secondary N) is 1. The maximum Gasteiger partial charge on any atom is 0.345 e. The molecule has 33 heavy (non-hydrogen) atoms. The number of nitrogens with zero attached hydrogens (tertiary/aromatic N) is 1. The third kappa shape index (κ3) is 7.69. The van der Waals surface area contributed by atoms with Gasteiger partial charge in [0.25, 0.3) is 0 Å². The van der Waals surface area contributed by atoms with Crippen molar-refractivity contribution < 1.29 is 27.1 Å². The van der Waals surface area contributed by atoms with Crippen molar-refractivity contribution in [3.63, 3.8) is 0 Å². The Hall–Kier alpha value is -3.23. The van der Waals surface area contributed by atoms with Gasteiger partial charge in [0.05, 0.1) is 6.61 Å². The third-order valence-corrected chi connectivity index (χ3v) is 5.03. The summed E-state index contributed by atoms with van der Waals surface area (Å²) in [6.07, 6.45) is 0. The molecule has 3 rings (SSSR count). The van der Waals surface area contributed by atoms with E-state index in [1.54, 1.807) is 4.90 Å². The number of carbonyl (C=O) groups is 1. The van der Waals surface area contributed by atoms with Gasteiger partial charge in [-0.2, -0.15) is 8.78 Å². The van der Waals surface area contributed by atoms with E-state index in [9.17, 15) is 22.4 Å². The number of benzene rings is 3. The van der Waals surface area contributed by atoms with E-state index in [0.29, 0.717) is 18.7 Å². The molecule has 0 radical (unpaired) electrons. The van der Waals surface area contributed by atoms with Crippen LogP contribution in [0, 0.1) is 11.6 Å². The van der Waals surface area contributed by atoms with Crippen LogP contribution in [0.15, 0.2) is 78.9 Å². The van der Waals surface area contributed by atoms with Gasteiger partial charge < -0.3 is 10.1 Å². The molecule has 174 valence electrons. The Morgan fingerprint density at radius 3 is 1.91 bits per heavy atom. The van der Waals surface area contributed by atoms with Crippen molar-refractivity contribution in [3.05, 3.63) is 107 Å². The average molecular weight is 460 g/mol. The number of hydrogen-bond donors (Lipinski definition) is 1. The lowest BCUT2D eigenvalue weighted by Gasteiger charge is -2.31. The minimum Gasteiger partial charge on any atom is -0.351 e. The summed E-state index contributed by atoms with van der Waals surface area (Å²) in [4.78, 5) is 14.8. The minimum absolute atomic E-state index is 0.0915.